The molecule has 106 valence electrons. The molecule has 0 aliphatic carbocycles. The van der Waals surface area contributed by atoms with Crippen LogP contribution in [0.3, 0.4) is 0 Å². The highest BCUT2D eigenvalue weighted by molar-refractivity contribution is 7.85. The van der Waals surface area contributed by atoms with Gasteiger partial charge >= 0.3 is 0 Å². The van der Waals surface area contributed by atoms with Crippen molar-refractivity contribution in [3.05, 3.63) is 59.7 Å². The smallest absolute Gasteiger partial charge is 0.294 e. The Balaban J connectivity index is 2.41. The van der Waals surface area contributed by atoms with Crippen LogP contribution in [-0.2, 0) is 16.5 Å². The standard InChI is InChI=1S/C15H17NO3S/c1-2-16-14-9-5-3-7-12(14)11-13-8-4-6-10-15(13)20(17,18)19/h3-10,16H,2,11H2,1H3,(H,17,18,19). The average Bonchev–Trinajstić information content (AvgIpc) is 2.41. The molecule has 0 aliphatic rings. The largest absolute Gasteiger partial charge is 0.385 e. The van der Waals surface area contributed by atoms with Crippen molar-refractivity contribution in [2.45, 2.75) is 18.2 Å². The van der Waals surface area contributed by atoms with E-state index in [0.717, 1.165) is 17.8 Å². The molecule has 20 heavy (non-hydrogen) atoms. The van der Waals surface area contributed by atoms with Gasteiger partial charge in [0.2, 0.25) is 0 Å². The van der Waals surface area contributed by atoms with E-state index in [9.17, 15) is 13.0 Å². The first kappa shape index (κ1) is 14.6. The zero-order chi connectivity index (χ0) is 14.6. The van der Waals surface area contributed by atoms with Gasteiger partial charge in [-0.1, -0.05) is 36.4 Å². The van der Waals surface area contributed by atoms with Crippen LogP contribution in [0, 0.1) is 0 Å². The third kappa shape index (κ3) is 3.37. The van der Waals surface area contributed by atoms with Gasteiger partial charge in [-0.05, 0) is 30.2 Å². The van der Waals surface area contributed by atoms with Crippen LogP contribution in [0.15, 0.2) is 53.4 Å². The van der Waals surface area contributed by atoms with E-state index in [0.29, 0.717) is 12.0 Å². The molecule has 0 bridgehead atoms. The predicted molar refractivity (Wildman–Crippen MR) is 79.7 cm³/mol. The minimum Gasteiger partial charge on any atom is -0.385 e. The van der Waals surface area contributed by atoms with E-state index in [1.54, 1.807) is 18.2 Å². The minimum absolute atomic E-state index is 0.0358. The van der Waals surface area contributed by atoms with E-state index in [1.165, 1.54) is 6.07 Å². The molecule has 5 heteroatoms. The number of para-hydroxylation sites is 1. The van der Waals surface area contributed by atoms with Crippen LogP contribution in [0.5, 0.6) is 0 Å². The van der Waals surface area contributed by atoms with Gasteiger partial charge in [0, 0.05) is 18.7 Å². The summed E-state index contributed by atoms with van der Waals surface area (Å²) >= 11 is 0. The molecule has 0 unspecified atom stereocenters. The molecule has 0 amide bonds. The number of benzene rings is 2. The van der Waals surface area contributed by atoms with Crippen molar-refractivity contribution in [2.75, 3.05) is 11.9 Å². The lowest BCUT2D eigenvalue weighted by atomic mass is 10.0. The summed E-state index contributed by atoms with van der Waals surface area (Å²) in [5, 5.41) is 3.24. The van der Waals surface area contributed by atoms with Crippen molar-refractivity contribution in [3.63, 3.8) is 0 Å². The van der Waals surface area contributed by atoms with Crippen molar-refractivity contribution in [3.8, 4) is 0 Å². The van der Waals surface area contributed by atoms with Gasteiger partial charge in [0.25, 0.3) is 10.1 Å². The Hall–Kier alpha value is -1.85. The van der Waals surface area contributed by atoms with Crippen molar-refractivity contribution in [1.82, 2.24) is 0 Å². The molecule has 0 radical (unpaired) electrons. The highest BCUT2D eigenvalue weighted by Crippen LogP contribution is 2.23. The van der Waals surface area contributed by atoms with Crippen LogP contribution in [0.25, 0.3) is 0 Å². The van der Waals surface area contributed by atoms with Gasteiger partial charge < -0.3 is 5.32 Å². The van der Waals surface area contributed by atoms with E-state index < -0.39 is 10.1 Å². The molecule has 2 aromatic rings. The lowest BCUT2D eigenvalue weighted by Gasteiger charge is -2.12. The Kier molecular flexibility index (Phi) is 4.42. The zero-order valence-electron chi connectivity index (χ0n) is 11.2. The Morgan fingerprint density at radius 3 is 2.25 bits per heavy atom. The topological polar surface area (TPSA) is 66.4 Å². The first-order valence-corrected chi connectivity index (χ1v) is 7.83. The maximum atomic E-state index is 11.4. The highest BCUT2D eigenvalue weighted by Gasteiger charge is 2.15. The maximum absolute atomic E-state index is 11.4. The van der Waals surface area contributed by atoms with Gasteiger partial charge in [-0.2, -0.15) is 8.42 Å². The third-order valence-electron chi connectivity index (χ3n) is 3.02. The van der Waals surface area contributed by atoms with Crippen LogP contribution < -0.4 is 5.32 Å². The summed E-state index contributed by atoms with van der Waals surface area (Å²) in [6.07, 6.45) is 0.444. The molecule has 0 saturated carbocycles. The summed E-state index contributed by atoms with van der Waals surface area (Å²) in [7, 11) is -4.20. The fourth-order valence-corrected chi connectivity index (χ4v) is 2.87. The second kappa shape index (κ2) is 6.07. The molecule has 0 aromatic heterocycles. The molecule has 0 atom stereocenters. The van der Waals surface area contributed by atoms with Crippen LogP contribution in [0.1, 0.15) is 18.1 Å². The number of hydrogen-bond donors (Lipinski definition) is 2. The lowest BCUT2D eigenvalue weighted by molar-refractivity contribution is 0.482. The molecule has 0 heterocycles. The van der Waals surface area contributed by atoms with Gasteiger partial charge in [0.05, 0.1) is 4.90 Å². The van der Waals surface area contributed by atoms with Gasteiger partial charge in [-0.25, -0.2) is 0 Å². The third-order valence-corrected chi connectivity index (χ3v) is 3.97. The van der Waals surface area contributed by atoms with Crippen LogP contribution in [0.4, 0.5) is 5.69 Å². The van der Waals surface area contributed by atoms with E-state index >= 15 is 0 Å². The average molecular weight is 291 g/mol. The Morgan fingerprint density at radius 2 is 1.60 bits per heavy atom. The van der Waals surface area contributed by atoms with Gasteiger partial charge in [-0.3, -0.25) is 4.55 Å². The quantitative estimate of drug-likeness (QED) is 0.831. The Labute approximate surface area is 119 Å². The van der Waals surface area contributed by atoms with Gasteiger partial charge in [0.15, 0.2) is 0 Å². The summed E-state index contributed by atoms with van der Waals surface area (Å²) in [4.78, 5) is -0.0358. The maximum Gasteiger partial charge on any atom is 0.294 e. The van der Waals surface area contributed by atoms with E-state index in [-0.39, 0.29) is 4.90 Å². The van der Waals surface area contributed by atoms with Crippen LogP contribution in [0.2, 0.25) is 0 Å². The van der Waals surface area contributed by atoms with Crippen LogP contribution >= 0.6 is 0 Å². The normalized spacial score (nSPS) is 11.3. The summed E-state index contributed by atoms with van der Waals surface area (Å²) in [6, 6.07) is 14.2. The molecule has 2 N–H and O–H groups in total. The molecular formula is C15H17NO3S. The Bertz CT molecular complexity index is 696. The lowest BCUT2D eigenvalue weighted by Crippen LogP contribution is -2.05. The molecular weight excluding hydrogens is 274 g/mol. The summed E-state index contributed by atoms with van der Waals surface area (Å²) in [5.74, 6) is 0. The number of anilines is 1. The molecule has 0 aliphatic heterocycles. The molecule has 2 rings (SSSR count). The monoisotopic (exact) mass is 291 g/mol. The van der Waals surface area contributed by atoms with Crippen molar-refractivity contribution in [2.24, 2.45) is 0 Å². The zero-order valence-corrected chi connectivity index (χ0v) is 12.0. The molecule has 4 nitrogen and oxygen atoms in total. The Morgan fingerprint density at radius 1 is 1.00 bits per heavy atom. The highest BCUT2D eigenvalue weighted by atomic mass is 32.2. The number of nitrogens with one attached hydrogen (secondary N) is 1. The second-order valence-corrected chi connectivity index (χ2v) is 5.84. The number of hydrogen-bond acceptors (Lipinski definition) is 3. The van der Waals surface area contributed by atoms with Crippen LogP contribution in [-0.4, -0.2) is 19.5 Å². The minimum atomic E-state index is -4.20. The second-order valence-electron chi connectivity index (χ2n) is 4.45. The van der Waals surface area contributed by atoms with Crippen molar-refractivity contribution < 1.29 is 13.0 Å². The molecule has 0 saturated heterocycles. The summed E-state index contributed by atoms with van der Waals surface area (Å²) < 4.78 is 32.1. The fraction of sp³-hybridized carbons (Fsp3) is 0.200. The van der Waals surface area contributed by atoms with Gasteiger partial charge in [-0.15, -0.1) is 0 Å². The van der Waals surface area contributed by atoms with Gasteiger partial charge in [0.1, 0.15) is 0 Å². The summed E-state index contributed by atoms with van der Waals surface area (Å²) in [5.41, 5.74) is 2.55. The summed E-state index contributed by atoms with van der Waals surface area (Å²) in [6.45, 7) is 2.79. The van der Waals surface area contributed by atoms with E-state index in [2.05, 4.69) is 5.32 Å². The molecule has 0 fully saturated rings. The van der Waals surface area contributed by atoms with Crippen molar-refractivity contribution in [1.29, 1.82) is 0 Å². The predicted octanol–water partition coefficient (Wildman–Crippen LogP) is 2.96. The first-order valence-electron chi connectivity index (χ1n) is 6.39. The molecule has 0 spiro atoms. The van der Waals surface area contributed by atoms with Crippen molar-refractivity contribution >= 4 is 15.8 Å². The fourth-order valence-electron chi connectivity index (χ4n) is 2.14. The SMILES string of the molecule is CCNc1ccccc1Cc1ccccc1S(=O)(=O)O. The van der Waals surface area contributed by atoms with E-state index in [1.807, 2.05) is 31.2 Å². The molecule has 2 aromatic carbocycles. The first-order chi connectivity index (χ1) is 9.52. The number of rotatable bonds is 5. The van der Waals surface area contributed by atoms with E-state index in [4.69, 9.17) is 0 Å².